The smallest absolute Gasteiger partial charge is 0.224 e. The Labute approximate surface area is 156 Å². The van der Waals surface area contributed by atoms with Crippen LogP contribution in [0.15, 0.2) is 60.7 Å². The predicted molar refractivity (Wildman–Crippen MR) is 104 cm³/mol. The van der Waals surface area contributed by atoms with E-state index in [9.17, 15) is 4.79 Å². The number of benzene rings is 3. The van der Waals surface area contributed by atoms with Gasteiger partial charge in [0.15, 0.2) is 0 Å². The number of fused-ring (bicyclic) bond motifs is 1. The maximum Gasteiger partial charge on any atom is 0.224 e. The van der Waals surface area contributed by atoms with E-state index in [0.717, 1.165) is 16.5 Å². The van der Waals surface area contributed by atoms with Crippen molar-refractivity contribution in [2.45, 2.75) is 12.8 Å². The molecule has 1 amide bonds. The van der Waals surface area contributed by atoms with Crippen molar-refractivity contribution < 1.29 is 9.53 Å². The predicted octanol–water partition coefficient (Wildman–Crippen LogP) is 5.94. The monoisotopic (exact) mass is 373 g/mol. The Morgan fingerprint density at radius 2 is 1.80 bits per heavy atom. The summed E-state index contributed by atoms with van der Waals surface area (Å²) in [5.41, 5.74) is 0.824. The van der Waals surface area contributed by atoms with Gasteiger partial charge >= 0.3 is 0 Å². The van der Waals surface area contributed by atoms with Crippen LogP contribution in [-0.2, 0) is 4.79 Å². The van der Waals surface area contributed by atoms with Crippen LogP contribution in [0.4, 0.5) is 5.69 Å². The molecular formula is C20H17Cl2NO2. The Morgan fingerprint density at radius 3 is 2.64 bits per heavy atom. The summed E-state index contributed by atoms with van der Waals surface area (Å²) < 4.78 is 5.59. The molecule has 0 aliphatic heterocycles. The zero-order chi connectivity index (χ0) is 17.6. The molecule has 128 valence electrons. The Kier molecular flexibility index (Phi) is 5.79. The molecule has 0 fully saturated rings. The number of ether oxygens (including phenoxy) is 1. The fraction of sp³-hybridized carbons (Fsp3) is 0.150. The number of hydrogen-bond acceptors (Lipinski definition) is 2. The van der Waals surface area contributed by atoms with Crippen molar-refractivity contribution in [1.82, 2.24) is 0 Å². The molecule has 0 heterocycles. The van der Waals surface area contributed by atoms with Gasteiger partial charge in [-0.3, -0.25) is 4.79 Å². The normalized spacial score (nSPS) is 10.6. The number of carbonyl (C=O) groups excluding carboxylic acids is 1. The van der Waals surface area contributed by atoms with Crippen LogP contribution >= 0.6 is 23.2 Å². The van der Waals surface area contributed by atoms with Crippen molar-refractivity contribution in [3.05, 3.63) is 70.7 Å². The number of nitrogens with one attached hydrogen (secondary N) is 1. The highest BCUT2D eigenvalue weighted by Gasteiger charge is 2.07. The molecule has 0 saturated carbocycles. The summed E-state index contributed by atoms with van der Waals surface area (Å²) in [7, 11) is 0. The molecule has 3 rings (SSSR count). The first-order valence-electron chi connectivity index (χ1n) is 7.99. The van der Waals surface area contributed by atoms with E-state index in [1.54, 1.807) is 18.2 Å². The molecule has 1 N–H and O–H groups in total. The average molecular weight is 374 g/mol. The summed E-state index contributed by atoms with van der Waals surface area (Å²) >= 11 is 11.9. The first kappa shape index (κ1) is 17.6. The highest BCUT2D eigenvalue weighted by Crippen LogP contribution is 2.27. The van der Waals surface area contributed by atoms with E-state index in [1.807, 2.05) is 42.5 Å². The highest BCUT2D eigenvalue weighted by molar-refractivity contribution is 6.35. The lowest BCUT2D eigenvalue weighted by Crippen LogP contribution is -2.13. The van der Waals surface area contributed by atoms with Crippen LogP contribution < -0.4 is 10.1 Å². The maximum atomic E-state index is 12.2. The van der Waals surface area contributed by atoms with Crippen LogP contribution in [0.3, 0.4) is 0 Å². The first-order valence-corrected chi connectivity index (χ1v) is 8.74. The molecular weight excluding hydrogens is 357 g/mol. The quantitative estimate of drug-likeness (QED) is 0.542. The second-order valence-electron chi connectivity index (χ2n) is 5.60. The van der Waals surface area contributed by atoms with Gasteiger partial charge < -0.3 is 10.1 Å². The van der Waals surface area contributed by atoms with Crippen LogP contribution in [0.2, 0.25) is 10.0 Å². The summed E-state index contributed by atoms with van der Waals surface area (Å²) in [5.74, 6) is 0.530. The van der Waals surface area contributed by atoms with E-state index in [0.29, 0.717) is 35.2 Å². The van der Waals surface area contributed by atoms with Crippen molar-refractivity contribution in [3.8, 4) is 5.75 Å². The van der Waals surface area contributed by atoms with E-state index in [2.05, 4.69) is 5.32 Å². The van der Waals surface area contributed by atoms with Gasteiger partial charge in [0.1, 0.15) is 5.75 Å². The van der Waals surface area contributed by atoms with E-state index in [-0.39, 0.29) is 5.91 Å². The topological polar surface area (TPSA) is 38.3 Å². The van der Waals surface area contributed by atoms with Gasteiger partial charge in [0.25, 0.3) is 0 Å². The Balaban J connectivity index is 1.51. The Morgan fingerprint density at radius 1 is 1.00 bits per heavy atom. The lowest BCUT2D eigenvalue weighted by Gasteiger charge is -2.10. The van der Waals surface area contributed by atoms with Gasteiger partial charge in [0.2, 0.25) is 5.91 Å². The number of amides is 1. The fourth-order valence-corrected chi connectivity index (χ4v) is 3.02. The molecule has 3 aromatic rings. The third kappa shape index (κ3) is 4.65. The summed E-state index contributed by atoms with van der Waals surface area (Å²) in [6, 6.07) is 18.9. The van der Waals surface area contributed by atoms with E-state index in [4.69, 9.17) is 27.9 Å². The standard InChI is InChI=1S/C20H17Cl2NO2/c21-15-10-11-19(17(22)13-15)25-12-4-9-20(24)23-18-8-3-6-14-5-1-2-7-16(14)18/h1-3,5-8,10-11,13H,4,9,12H2,(H,23,24). The van der Waals surface area contributed by atoms with Gasteiger partial charge in [-0.2, -0.15) is 0 Å². The second kappa shape index (κ2) is 8.24. The average Bonchev–Trinajstić information content (AvgIpc) is 2.60. The molecule has 0 aliphatic rings. The van der Waals surface area contributed by atoms with E-state index in [1.165, 1.54) is 0 Å². The largest absolute Gasteiger partial charge is 0.492 e. The minimum absolute atomic E-state index is 0.0397. The van der Waals surface area contributed by atoms with Crippen molar-refractivity contribution >= 4 is 45.6 Å². The number of halogens is 2. The molecule has 0 spiro atoms. The van der Waals surface area contributed by atoms with Gasteiger partial charge in [-0.1, -0.05) is 59.6 Å². The number of hydrogen-bond donors (Lipinski definition) is 1. The van der Waals surface area contributed by atoms with Gasteiger partial charge in [-0.15, -0.1) is 0 Å². The number of carbonyl (C=O) groups is 1. The summed E-state index contributed by atoms with van der Waals surface area (Å²) in [4.78, 5) is 12.2. The van der Waals surface area contributed by atoms with E-state index >= 15 is 0 Å². The van der Waals surface area contributed by atoms with Crippen molar-refractivity contribution in [2.24, 2.45) is 0 Å². The van der Waals surface area contributed by atoms with Crippen LogP contribution in [0.5, 0.6) is 5.75 Å². The van der Waals surface area contributed by atoms with Crippen molar-refractivity contribution in [1.29, 1.82) is 0 Å². The summed E-state index contributed by atoms with van der Waals surface area (Å²) in [5, 5.41) is 6.12. The molecule has 5 heteroatoms. The van der Waals surface area contributed by atoms with Gasteiger partial charge in [-0.25, -0.2) is 0 Å². The minimum atomic E-state index is -0.0397. The Hall–Kier alpha value is -2.23. The summed E-state index contributed by atoms with van der Waals surface area (Å²) in [6.07, 6.45) is 0.962. The van der Waals surface area contributed by atoms with Crippen LogP contribution in [0.1, 0.15) is 12.8 Å². The molecule has 0 saturated heterocycles. The van der Waals surface area contributed by atoms with Crippen molar-refractivity contribution in [2.75, 3.05) is 11.9 Å². The number of rotatable bonds is 6. The minimum Gasteiger partial charge on any atom is -0.492 e. The molecule has 0 atom stereocenters. The third-order valence-corrected chi connectivity index (χ3v) is 4.29. The van der Waals surface area contributed by atoms with Gasteiger partial charge in [0, 0.05) is 22.5 Å². The molecule has 25 heavy (non-hydrogen) atoms. The molecule has 0 unspecified atom stereocenters. The molecule has 0 bridgehead atoms. The molecule has 3 aromatic carbocycles. The highest BCUT2D eigenvalue weighted by atomic mass is 35.5. The lowest BCUT2D eigenvalue weighted by molar-refractivity contribution is -0.116. The SMILES string of the molecule is O=C(CCCOc1ccc(Cl)cc1Cl)Nc1cccc2ccccc12. The van der Waals surface area contributed by atoms with Crippen LogP contribution in [0, 0.1) is 0 Å². The molecule has 3 nitrogen and oxygen atoms in total. The van der Waals surface area contributed by atoms with E-state index < -0.39 is 0 Å². The maximum absolute atomic E-state index is 12.2. The van der Waals surface area contributed by atoms with Crippen LogP contribution in [-0.4, -0.2) is 12.5 Å². The third-order valence-electron chi connectivity index (χ3n) is 3.76. The molecule has 0 aromatic heterocycles. The van der Waals surface area contributed by atoms with Gasteiger partial charge in [0.05, 0.1) is 11.6 Å². The zero-order valence-electron chi connectivity index (χ0n) is 13.5. The van der Waals surface area contributed by atoms with Crippen molar-refractivity contribution in [3.63, 3.8) is 0 Å². The first-order chi connectivity index (χ1) is 12.1. The number of anilines is 1. The zero-order valence-corrected chi connectivity index (χ0v) is 15.0. The summed E-state index contributed by atoms with van der Waals surface area (Å²) in [6.45, 7) is 0.407. The lowest BCUT2D eigenvalue weighted by atomic mass is 10.1. The fourth-order valence-electron chi connectivity index (χ4n) is 2.55. The van der Waals surface area contributed by atoms with Crippen LogP contribution in [0.25, 0.3) is 10.8 Å². The Bertz CT molecular complexity index is 891. The second-order valence-corrected chi connectivity index (χ2v) is 6.45. The molecule has 0 radical (unpaired) electrons. The van der Waals surface area contributed by atoms with Gasteiger partial charge in [-0.05, 0) is 36.1 Å². The molecule has 0 aliphatic carbocycles.